The fourth-order valence-electron chi connectivity index (χ4n) is 1.97. The summed E-state index contributed by atoms with van der Waals surface area (Å²) in [4.78, 5) is 14.7. The monoisotopic (exact) mass is 221 g/mol. The van der Waals surface area contributed by atoms with Crippen molar-refractivity contribution in [2.75, 3.05) is 20.1 Å². The second-order valence-corrected chi connectivity index (χ2v) is 4.68. The zero-order valence-electron chi connectivity index (χ0n) is 9.68. The van der Waals surface area contributed by atoms with Crippen molar-refractivity contribution in [3.05, 3.63) is 24.0 Å². The largest absolute Gasteiger partial charge is 0.365 e. The van der Waals surface area contributed by atoms with Crippen LogP contribution in [-0.4, -0.2) is 31.0 Å². The Kier molecular flexibility index (Phi) is 3.29. The first-order valence-corrected chi connectivity index (χ1v) is 5.78. The Bertz CT molecular complexity index is 341. The fourth-order valence-corrected chi connectivity index (χ4v) is 1.97. The summed E-state index contributed by atoms with van der Waals surface area (Å²) in [5, 5.41) is 6.19. The molecule has 0 aliphatic heterocycles. The van der Waals surface area contributed by atoms with Crippen LogP contribution >= 0.6 is 0 Å². The lowest BCUT2D eigenvalue weighted by Gasteiger charge is -2.15. The highest BCUT2D eigenvalue weighted by Crippen LogP contribution is 2.44. The van der Waals surface area contributed by atoms with E-state index in [0.29, 0.717) is 11.8 Å². The van der Waals surface area contributed by atoms with Gasteiger partial charge in [0, 0.05) is 30.4 Å². The molecule has 1 aromatic heterocycles. The maximum Gasteiger partial charge on any atom is 0.225 e. The van der Waals surface area contributed by atoms with Crippen LogP contribution in [0.4, 0.5) is 0 Å². The van der Waals surface area contributed by atoms with Gasteiger partial charge in [-0.3, -0.25) is 4.79 Å². The lowest BCUT2D eigenvalue weighted by Crippen LogP contribution is -2.35. The normalized spacial score (nSPS) is 17.1. The Morgan fingerprint density at radius 2 is 2.31 bits per heavy atom. The van der Waals surface area contributed by atoms with E-state index in [4.69, 9.17) is 0 Å². The molecular formula is C12H19N3O. The zero-order valence-corrected chi connectivity index (χ0v) is 9.68. The van der Waals surface area contributed by atoms with E-state index in [-0.39, 0.29) is 5.91 Å². The number of carbonyl (C=O) groups excluding carboxylic acids is 1. The van der Waals surface area contributed by atoms with Crippen LogP contribution in [0.5, 0.6) is 0 Å². The predicted molar refractivity (Wildman–Crippen MR) is 63.1 cm³/mol. The average molecular weight is 221 g/mol. The third kappa shape index (κ3) is 2.85. The van der Waals surface area contributed by atoms with Gasteiger partial charge in [0.2, 0.25) is 5.91 Å². The first-order chi connectivity index (χ1) is 7.74. The molecule has 0 radical (unpaired) electrons. The van der Waals surface area contributed by atoms with Gasteiger partial charge in [-0.15, -0.1) is 0 Å². The number of aromatic amines is 1. The lowest BCUT2D eigenvalue weighted by molar-refractivity contribution is -0.120. The minimum atomic E-state index is 0.102. The Morgan fingerprint density at radius 3 is 2.88 bits per heavy atom. The molecule has 1 aliphatic rings. The Hall–Kier alpha value is -1.29. The number of amides is 1. The molecule has 88 valence electrons. The Morgan fingerprint density at radius 1 is 1.50 bits per heavy atom. The molecule has 1 aromatic rings. The van der Waals surface area contributed by atoms with Crippen molar-refractivity contribution in [2.45, 2.75) is 19.3 Å². The van der Waals surface area contributed by atoms with Gasteiger partial charge in [-0.05, 0) is 32.0 Å². The summed E-state index contributed by atoms with van der Waals surface area (Å²) in [7, 11) is 1.96. The maximum atomic E-state index is 11.6. The highest BCUT2D eigenvalue weighted by atomic mass is 16.1. The molecule has 0 aromatic carbocycles. The number of H-pyrrole nitrogens is 1. The van der Waals surface area contributed by atoms with E-state index in [1.54, 1.807) is 0 Å². The molecule has 0 atom stereocenters. The van der Waals surface area contributed by atoms with Crippen LogP contribution in [0.25, 0.3) is 0 Å². The molecule has 0 saturated heterocycles. The van der Waals surface area contributed by atoms with Crippen molar-refractivity contribution in [2.24, 2.45) is 5.41 Å². The molecule has 0 spiro atoms. The summed E-state index contributed by atoms with van der Waals surface area (Å²) in [6.45, 7) is 1.79. The van der Waals surface area contributed by atoms with Crippen molar-refractivity contribution in [1.82, 2.24) is 15.6 Å². The van der Waals surface area contributed by atoms with Crippen molar-refractivity contribution in [1.29, 1.82) is 0 Å². The summed E-state index contributed by atoms with van der Waals surface area (Å²) in [5.41, 5.74) is 1.30. The second-order valence-electron chi connectivity index (χ2n) is 4.68. The molecule has 16 heavy (non-hydrogen) atoms. The lowest BCUT2D eigenvalue weighted by atomic mass is 10.1. The van der Waals surface area contributed by atoms with Crippen LogP contribution in [0.3, 0.4) is 0 Å². The number of rotatable bonds is 6. The van der Waals surface area contributed by atoms with Gasteiger partial charge in [0.15, 0.2) is 0 Å². The first-order valence-electron chi connectivity index (χ1n) is 5.78. The summed E-state index contributed by atoms with van der Waals surface area (Å²) < 4.78 is 0. The highest BCUT2D eigenvalue weighted by molar-refractivity contribution is 5.78. The number of nitrogens with one attached hydrogen (secondary N) is 3. The van der Waals surface area contributed by atoms with Crippen molar-refractivity contribution >= 4 is 5.91 Å². The first kappa shape index (κ1) is 11.2. The van der Waals surface area contributed by atoms with E-state index in [2.05, 4.69) is 15.6 Å². The molecule has 3 N–H and O–H groups in total. The number of aromatic nitrogens is 1. The van der Waals surface area contributed by atoms with Gasteiger partial charge in [-0.25, -0.2) is 0 Å². The van der Waals surface area contributed by atoms with Crippen LogP contribution in [0.15, 0.2) is 18.3 Å². The van der Waals surface area contributed by atoms with Crippen LogP contribution < -0.4 is 10.6 Å². The van der Waals surface area contributed by atoms with E-state index in [9.17, 15) is 4.79 Å². The molecule has 1 heterocycles. The highest BCUT2D eigenvalue weighted by Gasteiger charge is 2.41. The Labute approximate surface area is 95.8 Å². The minimum absolute atomic E-state index is 0.102. The minimum Gasteiger partial charge on any atom is -0.365 e. The van der Waals surface area contributed by atoms with Crippen LogP contribution in [0.2, 0.25) is 0 Å². The second kappa shape index (κ2) is 4.70. The van der Waals surface area contributed by atoms with Crippen LogP contribution in [0.1, 0.15) is 18.5 Å². The molecule has 4 nitrogen and oxygen atoms in total. The van der Waals surface area contributed by atoms with Crippen LogP contribution in [0, 0.1) is 5.41 Å². The number of hydrogen-bond acceptors (Lipinski definition) is 2. The van der Waals surface area contributed by atoms with Gasteiger partial charge in [0.1, 0.15) is 0 Å². The van der Waals surface area contributed by atoms with Crippen LogP contribution in [-0.2, 0) is 11.2 Å². The molecule has 0 unspecified atom stereocenters. The van der Waals surface area contributed by atoms with Gasteiger partial charge in [0.05, 0.1) is 6.42 Å². The molecule has 0 bridgehead atoms. The number of carbonyl (C=O) groups is 1. The smallest absolute Gasteiger partial charge is 0.225 e. The van der Waals surface area contributed by atoms with Crippen molar-refractivity contribution < 1.29 is 4.79 Å². The molecule has 1 saturated carbocycles. The SMILES string of the molecule is CNCC1(CNC(=O)Cc2ccc[nH]2)CC1. The number of hydrogen-bond donors (Lipinski definition) is 3. The predicted octanol–water partition coefficient (Wildman–Crippen LogP) is 0.673. The molecule has 1 aliphatic carbocycles. The van der Waals surface area contributed by atoms with E-state index >= 15 is 0 Å². The molecule has 2 rings (SSSR count). The average Bonchev–Trinajstić information content (AvgIpc) is 2.83. The molecule has 4 heteroatoms. The van der Waals surface area contributed by atoms with E-state index in [0.717, 1.165) is 18.8 Å². The fraction of sp³-hybridized carbons (Fsp3) is 0.583. The third-order valence-corrected chi connectivity index (χ3v) is 3.18. The Balaban J connectivity index is 1.72. The van der Waals surface area contributed by atoms with Gasteiger partial charge >= 0.3 is 0 Å². The van der Waals surface area contributed by atoms with Gasteiger partial charge in [-0.2, -0.15) is 0 Å². The topological polar surface area (TPSA) is 56.9 Å². The molecule has 1 amide bonds. The third-order valence-electron chi connectivity index (χ3n) is 3.18. The van der Waals surface area contributed by atoms with E-state index < -0.39 is 0 Å². The van der Waals surface area contributed by atoms with Gasteiger partial charge < -0.3 is 15.6 Å². The summed E-state index contributed by atoms with van der Waals surface area (Å²) in [5.74, 6) is 0.102. The van der Waals surface area contributed by atoms with Crippen molar-refractivity contribution in [3.8, 4) is 0 Å². The quantitative estimate of drug-likeness (QED) is 0.661. The summed E-state index contributed by atoms with van der Waals surface area (Å²) >= 11 is 0. The molecular weight excluding hydrogens is 202 g/mol. The summed E-state index contributed by atoms with van der Waals surface area (Å²) in [6.07, 6.45) is 4.72. The van der Waals surface area contributed by atoms with E-state index in [1.807, 2.05) is 25.4 Å². The maximum absolute atomic E-state index is 11.6. The van der Waals surface area contributed by atoms with Gasteiger partial charge in [-0.1, -0.05) is 0 Å². The van der Waals surface area contributed by atoms with Gasteiger partial charge in [0.25, 0.3) is 0 Å². The zero-order chi connectivity index (χ0) is 11.4. The van der Waals surface area contributed by atoms with Crippen molar-refractivity contribution in [3.63, 3.8) is 0 Å². The van der Waals surface area contributed by atoms with E-state index in [1.165, 1.54) is 12.8 Å². The standard InChI is InChI=1S/C12H19N3O/c1-13-8-12(4-5-12)9-15-11(16)7-10-3-2-6-14-10/h2-3,6,13-14H,4-5,7-9H2,1H3,(H,15,16). The summed E-state index contributed by atoms with van der Waals surface area (Å²) in [6, 6.07) is 3.84. The molecule has 1 fully saturated rings.